The molecule has 0 unspecified atom stereocenters. The predicted octanol–water partition coefficient (Wildman–Crippen LogP) is -1.09. The van der Waals surface area contributed by atoms with Gasteiger partial charge in [0.05, 0.1) is 13.2 Å². The van der Waals surface area contributed by atoms with E-state index in [9.17, 15) is 24.4 Å². The van der Waals surface area contributed by atoms with Crippen molar-refractivity contribution in [3.8, 4) is 0 Å². The van der Waals surface area contributed by atoms with E-state index in [1.807, 2.05) is 0 Å². The van der Waals surface area contributed by atoms with Crippen LogP contribution in [-0.4, -0.2) is 53.8 Å². The maximum Gasteiger partial charge on any atom is 0.488 e. The van der Waals surface area contributed by atoms with Gasteiger partial charge < -0.3 is 24.8 Å². The molecular weight excluding hydrogens is 329 g/mol. The Labute approximate surface area is 146 Å². The first-order chi connectivity index (χ1) is 11.8. The van der Waals surface area contributed by atoms with Gasteiger partial charge in [-0.3, -0.25) is 4.79 Å². The molecule has 1 rings (SSSR count). The molecule has 25 heavy (non-hydrogen) atoms. The topological polar surface area (TPSA) is 122 Å². The van der Waals surface area contributed by atoms with Crippen molar-refractivity contribution in [3.05, 3.63) is 29.8 Å². The van der Waals surface area contributed by atoms with Gasteiger partial charge in [-0.2, -0.15) is 0 Å². The zero-order valence-electron chi connectivity index (χ0n) is 14.4. The maximum atomic E-state index is 12.5. The van der Waals surface area contributed by atoms with Gasteiger partial charge in [0.25, 0.3) is 0 Å². The zero-order valence-corrected chi connectivity index (χ0v) is 14.4. The summed E-state index contributed by atoms with van der Waals surface area (Å²) in [6.07, 6.45) is -0.349. The van der Waals surface area contributed by atoms with Crippen molar-refractivity contribution in [2.75, 3.05) is 13.2 Å². The van der Waals surface area contributed by atoms with E-state index in [0.29, 0.717) is 0 Å². The number of esters is 2. The summed E-state index contributed by atoms with van der Waals surface area (Å²) in [5.74, 6) is -2.60. The van der Waals surface area contributed by atoms with Crippen LogP contribution in [0.3, 0.4) is 0 Å². The van der Waals surface area contributed by atoms with Gasteiger partial charge >= 0.3 is 19.1 Å². The van der Waals surface area contributed by atoms with Crippen LogP contribution >= 0.6 is 0 Å². The first-order valence-corrected chi connectivity index (χ1v) is 7.85. The van der Waals surface area contributed by atoms with Gasteiger partial charge in [0.15, 0.2) is 0 Å². The van der Waals surface area contributed by atoms with Crippen molar-refractivity contribution >= 4 is 30.4 Å². The lowest BCUT2D eigenvalue weighted by atomic mass is 9.74. The summed E-state index contributed by atoms with van der Waals surface area (Å²) in [7, 11) is -1.81. The number of hydrogen-bond donors (Lipinski definition) is 3. The summed E-state index contributed by atoms with van der Waals surface area (Å²) < 4.78 is 9.94. The fourth-order valence-corrected chi connectivity index (χ4v) is 2.42. The van der Waals surface area contributed by atoms with E-state index in [0.717, 1.165) is 6.92 Å². The van der Waals surface area contributed by atoms with E-state index in [-0.39, 0.29) is 30.7 Å². The molecule has 0 atom stereocenters. The number of carbonyl (C=O) groups excluding carboxylic acids is 3. The van der Waals surface area contributed by atoms with Gasteiger partial charge in [-0.15, -0.1) is 0 Å². The normalized spacial score (nSPS) is 10.8. The first-order valence-electron chi connectivity index (χ1n) is 7.85. The third-order valence-corrected chi connectivity index (χ3v) is 3.43. The van der Waals surface area contributed by atoms with Crippen molar-refractivity contribution in [1.82, 2.24) is 5.32 Å². The second-order valence-electron chi connectivity index (χ2n) is 5.28. The van der Waals surface area contributed by atoms with Crippen molar-refractivity contribution in [2.45, 2.75) is 32.7 Å². The fourth-order valence-electron chi connectivity index (χ4n) is 2.42. The Hall–Kier alpha value is -2.39. The molecule has 0 fully saturated rings. The lowest BCUT2D eigenvalue weighted by molar-refractivity contribution is -0.168. The van der Waals surface area contributed by atoms with E-state index >= 15 is 0 Å². The third-order valence-electron chi connectivity index (χ3n) is 3.43. The molecular formula is C16H22BNO7. The molecule has 136 valence electrons. The maximum absolute atomic E-state index is 12.5. The van der Waals surface area contributed by atoms with E-state index < -0.39 is 30.5 Å². The summed E-state index contributed by atoms with van der Waals surface area (Å²) in [5.41, 5.74) is -1.73. The smallest absolute Gasteiger partial charge is 0.464 e. The molecule has 0 aliphatic rings. The number of amides is 1. The van der Waals surface area contributed by atoms with Crippen molar-refractivity contribution in [3.63, 3.8) is 0 Å². The standard InChI is InChI=1S/C16H22BNO7/c1-4-24-14(20)16(18-11(3)19,15(21)25-5-2)10-12-8-6-7-9-13(12)17(22)23/h6-9,22-23H,4-5,10H2,1-3H3,(H,18,19). The fraction of sp³-hybridized carbons (Fsp3) is 0.438. The molecule has 0 spiro atoms. The minimum atomic E-state index is -2.12. The van der Waals surface area contributed by atoms with Crippen LogP contribution in [0.25, 0.3) is 0 Å². The van der Waals surface area contributed by atoms with Crippen molar-refractivity contribution in [1.29, 1.82) is 0 Å². The van der Waals surface area contributed by atoms with Crippen LogP contribution in [0.4, 0.5) is 0 Å². The highest BCUT2D eigenvalue weighted by atomic mass is 16.6. The number of carbonyl (C=O) groups is 3. The molecule has 0 aromatic heterocycles. The van der Waals surface area contributed by atoms with Crippen LogP contribution in [-0.2, 0) is 30.3 Å². The molecule has 0 saturated carbocycles. The Morgan fingerprint density at radius 3 is 2.04 bits per heavy atom. The Bertz CT molecular complexity index is 615. The molecule has 0 aliphatic heterocycles. The molecule has 0 saturated heterocycles. The van der Waals surface area contributed by atoms with E-state index in [1.54, 1.807) is 26.0 Å². The van der Waals surface area contributed by atoms with E-state index in [2.05, 4.69) is 5.32 Å². The highest BCUT2D eigenvalue weighted by Crippen LogP contribution is 2.18. The van der Waals surface area contributed by atoms with Gasteiger partial charge in [0.2, 0.25) is 11.4 Å². The monoisotopic (exact) mass is 351 g/mol. The van der Waals surface area contributed by atoms with E-state index in [1.165, 1.54) is 12.1 Å². The number of benzene rings is 1. The number of hydrogen-bond acceptors (Lipinski definition) is 7. The number of rotatable bonds is 8. The molecule has 3 N–H and O–H groups in total. The molecule has 0 aliphatic carbocycles. The third kappa shape index (κ3) is 5.04. The SMILES string of the molecule is CCOC(=O)C(Cc1ccccc1B(O)O)(NC(C)=O)C(=O)OCC. The lowest BCUT2D eigenvalue weighted by Gasteiger charge is -2.30. The highest BCUT2D eigenvalue weighted by molar-refractivity contribution is 6.59. The van der Waals surface area contributed by atoms with Gasteiger partial charge in [0, 0.05) is 13.3 Å². The summed E-state index contributed by atoms with van der Waals surface area (Å²) in [6.45, 7) is 4.26. The molecule has 0 radical (unpaired) electrons. The van der Waals surface area contributed by atoms with Crippen LogP contribution in [0.15, 0.2) is 24.3 Å². The van der Waals surface area contributed by atoms with Gasteiger partial charge in [-0.05, 0) is 24.9 Å². The van der Waals surface area contributed by atoms with Crippen molar-refractivity contribution in [2.24, 2.45) is 0 Å². The Morgan fingerprint density at radius 1 is 1.08 bits per heavy atom. The van der Waals surface area contributed by atoms with E-state index in [4.69, 9.17) is 9.47 Å². The average Bonchev–Trinajstić information content (AvgIpc) is 2.54. The van der Waals surface area contributed by atoms with Crippen LogP contribution in [0, 0.1) is 0 Å². The predicted molar refractivity (Wildman–Crippen MR) is 89.8 cm³/mol. The summed E-state index contributed by atoms with van der Waals surface area (Å²) in [6, 6.07) is 6.14. The average molecular weight is 351 g/mol. The number of nitrogens with one attached hydrogen (secondary N) is 1. The molecule has 9 heteroatoms. The summed E-state index contributed by atoms with van der Waals surface area (Å²) in [4.78, 5) is 36.7. The quantitative estimate of drug-likeness (QED) is 0.309. The molecule has 0 bridgehead atoms. The molecule has 1 aromatic carbocycles. The molecule has 1 amide bonds. The minimum absolute atomic E-state index is 0.0101. The van der Waals surface area contributed by atoms with Crippen LogP contribution < -0.4 is 10.8 Å². The Kier molecular flexibility index (Phi) is 7.59. The van der Waals surface area contributed by atoms with Gasteiger partial charge in [-0.25, -0.2) is 9.59 Å². The molecule has 0 heterocycles. The first kappa shape index (κ1) is 20.7. The Morgan fingerprint density at radius 2 is 1.60 bits per heavy atom. The largest absolute Gasteiger partial charge is 0.488 e. The van der Waals surface area contributed by atoms with Crippen LogP contribution in [0.2, 0.25) is 0 Å². The van der Waals surface area contributed by atoms with Gasteiger partial charge in [0.1, 0.15) is 0 Å². The summed E-state index contributed by atoms with van der Waals surface area (Å²) in [5, 5.41) is 21.3. The van der Waals surface area contributed by atoms with Crippen LogP contribution in [0.1, 0.15) is 26.3 Å². The van der Waals surface area contributed by atoms with Crippen LogP contribution in [0.5, 0.6) is 0 Å². The molecule has 8 nitrogen and oxygen atoms in total. The molecule has 1 aromatic rings. The second kappa shape index (κ2) is 9.19. The lowest BCUT2D eigenvalue weighted by Crippen LogP contribution is -2.63. The zero-order chi connectivity index (χ0) is 19.0. The highest BCUT2D eigenvalue weighted by Gasteiger charge is 2.50. The Balaban J connectivity index is 3.45. The summed E-state index contributed by atoms with van der Waals surface area (Å²) >= 11 is 0. The second-order valence-corrected chi connectivity index (χ2v) is 5.28. The minimum Gasteiger partial charge on any atom is -0.464 e. The number of ether oxygens (including phenoxy) is 2. The van der Waals surface area contributed by atoms with Crippen molar-refractivity contribution < 1.29 is 33.9 Å². The van der Waals surface area contributed by atoms with Gasteiger partial charge in [-0.1, -0.05) is 24.3 Å².